The molecule has 0 amide bonds. The Kier molecular flexibility index (Phi) is 3.06. The molecule has 0 aromatic heterocycles. The summed E-state index contributed by atoms with van der Waals surface area (Å²) in [4.78, 5) is 19.7. The van der Waals surface area contributed by atoms with Crippen LogP contribution < -0.4 is 5.14 Å². The van der Waals surface area contributed by atoms with Crippen molar-refractivity contribution in [2.24, 2.45) is 5.14 Å². The molecule has 0 fully saturated rings. The van der Waals surface area contributed by atoms with Gasteiger partial charge in [-0.05, 0) is 24.6 Å². The molecule has 0 aliphatic rings. The van der Waals surface area contributed by atoms with Crippen LogP contribution in [0.3, 0.4) is 0 Å². The molecule has 0 atom stereocenters. The van der Waals surface area contributed by atoms with Crippen LogP contribution in [0.15, 0.2) is 17.0 Å². The molecule has 1 aromatic rings. The zero-order valence-corrected chi connectivity index (χ0v) is 9.02. The number of hydrogen-bond donors (Lipinski definition) is 1. The number of carbonyl (C=O) groups is 1. The molecule has 0 saturated carbocycles. The molecule has 16 heavy (non-hydrogen) atoms. The highest BCUT2D eigenvalue weighted by molar-refractivity contribution is 7.89. The van der Waals surface area contributed by atoms with Crippen molar-refractivity contribution in [1.29, 1.82) is 0 Å². The van der Waals surface area contributed by atoms with E-state index < -0.39 is 25.5 Å². The summed E-state index contributed by atoms with van der Waals surface area (Å²) in [5.74, 6) is 0. The maximum atomic E-state index is 11.1. The van der Waals surface area contributed by atoms with E-state index >= 15 is 0 Å². The molecule has 0 heterocycles. The van der Waals surface area contributed by atoms with Gasteiger partial charge in [-0.25, -0.2) is 13.6 Å². The van der Waals surface area contributed by atoms with Crippen LogP contribution in [0.5, 0.6) is 0 Å². The lowest BCUT2D eigenvalue weighted by atomic mass is 10.1. The largest absolute Gasteiger partial charge is 0.299 e. The highest BCUT2D eigenvalue weighted by Crippen LogP contribution is 2.27. The first-order valence-corrected chi connectivity index (χ1v) is 5.59. The van der Waals surface area contributed by atoms with Gasteiger partial charge in [0.25, 0.3) is 5.69 Å². The predicted molar refractivity (Wildman–Crippen MR) is 54.6 cm³/mol. The Hall–Kier alpha value is -1.80. The molecule has 0 aliphatic heterocycles. The van der Waals surface area contributed by atoms with E-state index in [1.54, 1.807) is 0 Å². The summed E-state index contributed by atoms with van der Waals surface area (Å²) in [6.07, 6.45) is 0.222. The van der Waals surface area contributed by atoms with Crippen LogP contribution in [-0.4, -0.2) is 19.6 Å². The predicted octanol–water partition coefficient (Wildman–Crippen LogP) is 0.363. The van der Waals surface area contributed by atoms with Gasteiger partial charge >= 0.3 is 0 Å². The average Bonchev–Trinajstić information content (AvgIpc) is 2.14. The fourth-order valence-electron chi connectivity index (χ4n) is 1.27. The summed E-state index contributed by atoms with van der Waals surface area (Å²) < 4.78 is 22.3. The van der Waals surface area contributed by atoms with Crippen LogP contribution in [0, 0.1) is 17.0 Å². The monoisotopic (exact) mass is 244 g/mol. The third-order valence-corrected chi connectivity index (χ3v) is 2.79. The van der Waals surface area contributed by atoms with Crippen molar-refractivity contribution in [3.63, 3.8) is 0 Å². The third-order valence-electron chi connectivity index (χ3n) is 1.86. The Balaban J connectivity index is 3.78. The number of nitro groups is 1. The number of nitro benzene ring substituents is 1. The van der Waals surface area contributed by atoms with Gasteiger partial charge < -0.3 is 0 Å². The summed E-state index contributed by atoms with van der Waals surface area (Å²) in [5, 5.41) is 15.5. The molecule has 0 bridgehead atoms. The lowest BCUT2D eigenvalue weighted by Crippen LogP contribution is -2.15. The van der Waals surface area contributed by atoms with Crippen molar-refractivity contribution < 1.29 is 18.1 Å². The van der Waals surface area contributed by atoms with Crippen molar-refractivity contribution in [3.8, 4) is 0 Å². The summed E-state index contributed by atoms with van der Waals surface area (Å²) in [7, 11) is -4.23. The Morgan fingerprint density at radius 1 is 1.44 bits per heavy atom. The van der Waals surface area contributed by atoms with E-state index in [1.165, 1.54) is 13.0 Å². The highest BCUT2D eigenvalue weighted by atomic mass is 32.2. The fourth-order valence-corrected chi connectivity index (χ4v) is 2.09. The first-order valence-electron chi connectivity index (χ1n) is 4.04. The van der Waals surface area contributed by atoms with Gasteiger partial charge in [-0.2, -0.15) is 0 Å². The smallest absolute Gasteiger partial charge is 0.298 e. The van der Waals surface area contributed by atoms with Gasteiger partial charge in [0, 0.05) is 0 Å². The van der Waals surface area contributed by atoms with E-state index in [1.807, 2.05) is 0 Å². The topological polar surface area (TPSA) is 120 Å². The van der Waals surface area contributed by atoms with Gasteiger partial charge in [0.1, 0.15) is 0 Å². The second kappa shape index (κ2) is 3.99. The van der Waals surface area contributed by atoms with Crippen LogP contribution in [0.25, 0.3) is 0 Å². The number of nitrogens with zero attached hydrogens (tertiary/aromatic N) is 1. The van der Waals surface area contributed by atoms with Gasteiger partial charge in [-0.1, -0.05) is 0 Å². The molecule has 7 nitrogen and oxygen atoms in total. The van der Waals surface area contributed by atoms with Gasteiger partial charge in [0.2, 0.25) is 10.0 Å². The minimum absolute atomic E-state index is 0.222. The van der Waals surface area contributed by atoms with Crippen LogP contribution in [0.2, 0.25) is 0 Å². The molecule has 1 aromatic carbocycles. The van der Waals surface area contributed by atoms with Gasteiger partial charge in [-0.15, -0.1) is 0 Å². The zero-order valence-electron chi connectivity index (χ0n) is 8.21. The molecular weight excluding hydrogens is 236 g/mol. The Morgan fingerprint density at radius 3 is 2.38 bits per heavy atom. The van der Waals surface area contributed by atoms with E-state index in [9.17, 15) is 23.3 Å². The van der Waals surface area contributed by atoms with E-state index in [2.05, 4.69) is 0 Å². The van der Waals surface area contributed by atoms with Crippen LogP contribution in [-0.2, 0) is 10.0 Å². The maximum Gasteiger partial charge on any atom is 0.299 e. The fraction of sp³-hybridized carbons (Fsp3) is 0.125. The number of carbonyl (C=O) groups excluding carboxylic acids is 1. The maximum absolute atomic E-state index is 11.1. The molecule has 0 unspecified atom stereocenters. The summed E-state index contributed by atoms with van der Waals surface area (Å²) in [6, 6.07) is 2.28. The molecule has 1 rings (SSSR count). The minimum atomic E-state index is -4.23. The standard InChI is InChI=1S/C8H8N2O5S/c1-5-2-6(4-11)8(10(12)13)7(3-5)16(9,14)15/h2-4H,1H3,(H2,9,14,15). The quantitative estimate of drug-likeness (QED) is 0.467. The second-order valence-corrected chi connectivity index (χ2v) is 4.65. The van der Waals surface area contributed by atoms with Crippen molar-refractivity contribution >= 4 is 22.0 Å². The molecule has 0 radical (unpaired) electrons. The number of primary sulfonamides is 1. The van der Waals surface area contributed by atoms with Crippen molar-refractivity contribution in [2.75, 3.05) is 0 Å². The van der Waals surface area contributed by atoms with E-state index in [0.29, 0.717) is 5.56 Å². The van der Waals surface area contributed by atoms with Crippen molar-refractivity contribution in [2.45, 2.75) is 11.8 Å². The first kappa shape index (κ1) is 12.3. The number of aldehydes is 1. The minimum Gasteiger partial charge on any atom is -0.298 e. The Morgan fingerprint density at radius 2 is 2.00 bits per heavy atom. The SMILES string of the molecule is Cc1cc(C=O)c([N+](=O)[O-])c(S(N)(=O)=O)c1. The Bertz CT molecular complexity index is 564. The molecule has 0 saturated heterocycles. The summed E-state index contributed by atoms with van der Waals surface area (Å²) >= 11 is 0. The molecule has 86 valence electrons. The number of rotatable bonds is 3. The van der Waals surface area contributed by atoms with Gasteiger partial charge in [-0.3, -0.25) is 14.9 Å². The van der Waals surface area contributed by atoms with Crippen molar-refractivity contribution in [1.82, 2.24) is 0 Å². The van der Waals surface area contributed by atoms with Gasteiger partial charge in [0.15, 0.2) is 11.2 Å². The first-order chi connectivity index (χ1) is 7.27. The third kappa shape index (κ3) is 2.23. The number of benzene rings is 1. The van der Waals surface area contributed by atoms with Gasteiger partial charge in [0.05, 0.1) is 10.5 Å². The number of nitrogens with two attached hydrogens (primary N) is 1. The van der Waals surface area contributed by atoms with E-state index in [4.69, 9.17) is 5.14 Å². The molecule has 0 aliphatic carbocycles. The van der Waals surface area contributed by atoms with Crippen LogP contribution in [0.4, 0.5) is 5.69 Å². The highest BCUT2D eigenvalue weighted by Gasteiger charge is 2.27. The summed E-state index contributed by atoms with van der Waals surface area (Å²) in [5.41, 5.74) is -0.700. The lowest BCUT2D eigenvalue weighted by Gasteiger charge is -2.04. The molecule has 0 spiro atoms. The summed E-state index contributed by atoms with van der Waals surface area (Å²) in [6.45, 7) is 1.51. The van der Waals surface area contributed by atoms with Crippen LogP contribution in [0.1, 0.15) is 15.9 Å². The normalized spacial score (nSPS) is 11.1. The van der Waals surface area contributed by atoms with E-state index in [-0.39, 0.29) is 11.8 Å². The Labute approximate surface area is 91.1 Å². The van der Waals surface area contributed by atoms with Crippen molar-refractivity contribution in [3.05, 3.63) is 33.4 Å². The lowest BCUT2D eigenvalue weighted by molar-refractivity contribution is -0.388. The second-order valence-electron chi connectivity index (χ2n) is 3.12. The molecule has 2 N–H and O–H groups in total. The average molecular weight is 244 g/mol. The number of hydrogen-bond acceptors (Lipinski definition) is 5. The number of sulfonamides is 1. The molecule has 8 heteroatoms. The number of aryl methyl sites for hydroxylation is 1. The molecular formula is C8H8N2O5S. The van der Waals surface area contributed by atoms with Crippen LogP contribution >= 0.6 is 0 Å². The van der Waals surface area contributed by atoms with E-state index in [0.717, 1.165) is 6.07 Å². The zero-order chi connectivity index (χ0) is 12.5.